The second-order valence-electron chi connectivity index (χ2n) is 6.26. The Morgan fingerprint density at radius 2 is 1.23 bits per heavy atom. The van der Waals surface area contributed by atoms with E-state index in [-0.39, 0.29) is 46.7 Å². The minimum Gasteiger partial charge on any atom is -1.00 e. The average molecular weight is 343 g/mol. The molecular formula is C18H38CaO3. The maximum atomic E-state index is 10.3. The van der Waals surface area contributed by atoms with Gasteiger partial charge < -0.3 is 13.1 Å². The van der Waals surface area contributed by atoms with Gasteiger partial charge in [0.2, 0.25) is 0 Å². The van der Waals surface area contributed by atoms with Crippen LogP contribution < -0.4 is 0 Å². The first-order valence-corrected chi connectivity index (χ1v) is 9.06. The maximum Gasteiger partial charge on any atom is 2.00 e. The van der Waals surface area contributed by atoms with Crippen molar-refractivity contribution in [3.63, 3.8) is 0 Å². The monoisotopic (exact) mass is 342 g/mol. The molecule has 130 valence electrons. The van der Waals surface area contributed by atoms with Crippen molar-refractivity contribution in [3.8, 4) is 0 Å². The molecule has 22 heavy (non-hydrogen) atoms. The van der Waals surface area contributed by atoms with Gasteiger partial charge in [0, 0.05) is 6.42 Å². The fourth-order valence-corrected chi connectivity index (χ4v) is 2.67. The molecule has 0 aromatic carbocycles. The molecule has 0 rings (SSSR count). The van der Waals surface area contributed by atoms with E-state index in [9.17, 15) is 9.90 Å². The third-order valence-corrected chi connectivity index (χ3v) is 4.07. The van der Waals surface area contributed by atoms with Gasteiger partial charge in [0.1, 0.15) is 0 Å². The van der Waals surface area contributed by atoms with Gasteiger partial charge in [0.05, 0.1) is 6.10 Å². The fourth-order valence-electron chi connectivity index (χ4n) is 2.67. The van der Waals surface area contributed by atoms with Crippen LogP contribution in [0.3, 0.4) is 0 Å². The quantitative estimate of drug-likeness (QED) is 0.301. The molecule has 0 radical (unpaired) electrons. The second-order valence-corrected chi connectivity index (χ2v) is 6.26. The van der Waals surface area contributed by atoms with Crippen molar-refractivity contribution in [2.75, 3.05) is 0 Å². The smallest absolute Gasteiger partial charge is 1.00 e. The molecule has 0 aromatic heterocycles. The minimum atomic E-state index is -0.694. The Morgan fingerprint density at radius 3 is 1.68 bits per heavy atom. The van der Waals surface area contributed by atoms with Crippen LogP contribution in [0, 0.1) is 0 Å². The van der Waals surface area contributed by atoms with E-state index in [1.54, 1.807) is 0 Å². The Hall–Kier alpha value is 0.690. The molecule has 1 atom stereocenters. The van der Waals surface area contributed by atoms with Gasteiger partial charge >= 0.3 is 43.7 Å². The Balaban J connectivity index is -0.000000667. The first-order chi connectivity index (χ1) is 10.2. The SMILES string of the molecule is CCCCCCCCCC(O)CCCCCCCC(=O)O.[Ca+2].[H-].[H-]. The van der Waals surface area contributed by atoms with Gasteiger partial charge in [-0.2, -0.15) is 0 Å². The number of carboxylic acids is 1. The molecule has 0 aliphatic heterocycles. The standard InChI is InChI=1S/C18H36O3.Ca.2H/c1-2-3-4-5-6-8-11-14-17(19)15-12-9-7-10-13-16-18(20)21;;;/h17,19H,2-16H2,1H3,(H,20,21);;;/q;+2;2*-1. The normalized spacial score (nSPS) is 11.9. The third-order valence-electron chi connectivity index (χ3n) is 4.07. The van der Waals surface area contributed by atoms with Crippen molar-refractivity contribution >= 4 is 43.7 Å². The minimum absolute atomic E-state index is 0. The number of aliphatic hydroxyl groups is 1. The van der Waals surface area contributed by atoms with Crippen molar-refractivity contribution in [3.05, 3.63) is 0 Å². The van der Waals surface area contributed by atoms with Gasteiger partial charge in [-0.1, -0.05) is 77.6 Å². The summed E-state index contributed by atoms with van der Waals surface area (Å²) in [6.45, 7) is 2.24. The first-order valence-electron chi connectivity index (χ1n) is 9.06. The Labute approximate surface area is 170 Å². The summed E-state index contributed by atoms with van der Waals surface area (Å²) in [5.41, 5.74) is 0. The summed E-state index contributed by atoms with van der Waals surface area (Å²) in [7, 11) is 0. The van der Waals surface area contributed by atoms with E-state index in [2.05, 4.69) is 6.92 Å². The summed E-state index contributed by atoms with van der Waals surface area (Å²) in [6, 6.07) is 0. The third kappa shape index (κ3) is 20.7. The van der Waals surface area contributed by atoms with Crippen molar-refractivity contribution in [2.24, 2.45) is 0 Å². The molecule has 0 heterocycles. The summed E-state index contributed by atoms with van der Waals surface area (Å²) in [5, 5.41) is 18.4. The largest absolute Gasteiger partial charge is 2.00 e. The number of carboxylic acid groups (broad SMARTS) is 1. The zero-order valence-corrected chi connectivity index (χ0v) is 16.9. The molecule has 0 amide bonds. The van der Waals surface area contributed by atoms with E-state index < -0.39 is 5.97 Å². The van der Waals surface area contributed by atoms with Gasteiger partial charge in [-0.25, -0.2) is 0 Å². The predicted molar refractivity (Wildman–Crippen MR) is 96.5 cm³/mol. The summed E-state index contributed by atoms with van der Waals surface area (Å²) in [5.74, 6) is -0.694. The van der Waals surface area contributed by atoms with E-state index in [1.807, 2.05) is 0 Å². The molecule has 0 saturated heterocycles. The van der Waals surface area contributed by atoms with Crippen molar-refractivity contribution in [2.45, 2.75) is 109 Å². The number of unbranched alkanes of at least 4 members (excludes halogenated alkanes) is 10. The van der Waals surface area contributed by atoms with Crippen LogP contribution in [0.4, 0.5) is 0 Å². The van der Waals surface area contributed by atoms with Crippen molar-refractivity contribution < 1.29 is 17.9 Å². The molecule has 0 spiro atoms. The van der Waals surface area contributed by atoms with Crippen molar-refractivity contribution in [1.29, 1.82) is 0 Å². The summed E-state index contributed by atoms with van der Waals surface area (Å²) < 4.78 is 0. The van der Waals surface area contributed by atoms with Crippen molar-refractivity contribution in [1.82, 2.24) is 0 Å². The van der Waals surface area contributed by atoms with Crippen LogP contribution in [-0.2, 0) is 4.79 Å². The number of rotatable bonds is 16. The van der Waals surface area contributed by atoms with Gasteiger partial charge in [-0.05, 0) is 19.3 Å². The number of aliphatic carboxylic acids is 1. The van der Waals surface area contributed by atoms with Crippen LogP contribution >= 0.6 is 0 Å². The summed E-state index contributed by atoms with van der Waals surface area (Å²) in [4.78, 5) is 10.3. The zero-order valence-electron chi connectivity index (χ0n) is 16.7. The molecule has 0 aromatic rings. The Kier molecular flexibility index (Phi) is 22.4. The van der Waals surface area contributed by atoms with E-state index in [1.165, 1.54) is 38.5 Å². The van der Waals surface area contributed by atoms with Gasteiger partial charge in [-0.3, -0.25) is 4.79 Å². The van der Waals surface area contributed by atoms with Crippen LogP contribution in [0.1, 0.15) is 106 Å². The molecule has 0 aliphatic carbocycles. The molecule has 4 heteroatoms. The maximum absolute atomic E-state index is 10.3. The van der Waals surface area contributed by atoms with Crippen LogP contribution in [0.2, 0.25) is 0 Å². The molecule has 2 N–H and O–H groups in total. The summed E-state index contributed by atoms with van der Waals surface area (Å²) >= 11 is 0. The number of hydrogen-bond donors (Lipinski definition) is 2. The molecule has 0 saturated carbocycles. The van der Waals surface area contributed by atoms with Crippen LogP contribution in [0.5, 0.6) is 0 Å². The molecule has 0 fully saturated rings. The molecule has 0 bridgehead atoms. The average Bonchev–Trinajstić information content (AvgIpc) is 2.45. The number of carbonyl (C=O) groups is 1. The first kappa shape index (κ1) is 24.9. The topological polar surface area (TPSA) is 57.5 Å². The zero-order chi connectivity index (χ0) is 15.8. The van der Waals surface area contributed by atoms with Crippen LogP contribution in [0.25, 0.3) is 0 Å². The predicted octanol–water partition coefficient (Wildman–Crippen LogP) is 5.15. The van der Waals surface area contributed by atoms with Gasteiger partial charge in [0.15, 0.2) is 0 Å². The van der Waals surface area contributed by atoms with Gasteiger partial charge in [-0.15, -0.1) is 0 Å². The second kappa shape index (κ2) is 19.7. The van der Waals surface area contributed by atoms with E-state index >= 15 is 0 Å². The summed E-state index contributed by atoms with van der Waals surface area (Å²) in [6.07, 6.45) is 16.2. The van der Waals surface area contributed by atoms with E-state index in [0.29, 0.717) is 6.42 Å². The molecular weight excluding hydrogens is 304 g/mol. The van der Waals surface area contributed by atoms with E-state index in [0.717, 1.165) is 51.4 Å². The Morgan fingerprint density at radius 1 is 0.818 bits per heavy atom. The fraction of sp³-hybridized carbons (Fsp3) is 0.944. The number of aliphatic hydroxyl groups excluding tert-OH is 1. The molecule has 0 aliphatic rings. The number of hydrogen-bond acceptors (Lipinski definition) is 2. The van der Waals surface area contributed by atoms with Gasteiger partial charge in [0.25, 0.3) is 0 Å². The van der Waals surface area contributed by atoms with Crippen LogP contribution in [-0.4, -0.2) is 60.0 Å². The van der Waals surface area contributed by atoms with Crippen LogP contribution in [0.15, 0.2) is 0 Å². The molecule has 1 unspecified atom stereocenters. The van der Waals surface area contributed by atoms with E-state index in [4.69, 9.17) is 5.11 Å². The Bertz CT molecular complexity index is 244. The molecule has 3 nitrogen and oxygen atoms in total.